The van der Waals surface area contributed by atoms with Gasteiger partial charge in [-0.1, -0.05) is 12.1 Å². The number of amides is 1. The number of ether oxygens (including phenoxy) is 1. The van der Waals surface area contributed by atoms with E-state index in [0.29, 0.717) is 17.0 Å². The minimum atomic E-state index is -4.48. The fourth-order valence-electron chi connectivity index (χ4n) is 3.89. The Morgan fingerprint density at radius 3 is 2.55 bits per heavy atom. The van der Waals surface area contributed by atoms with Crippen molar-refractivity contribution in [1.29, 1.82) is 0 Å². The van der Waals surface area contributed by atoms with Crippen molar-refractivity contribution in [2.75, 3.05) is 13.7 Å². The molecule has 0 fully saturated rings. The number of fused-ring (bicyclic) bond motifs is 1. The van der Waals surface area contributed by atoms with Gasteiger partial charge in [0.1, 0.15) is 17.0 Å². The van der Waals surface area contributed by atoms with Gasteiger partial charge in [-0.3, -0.25) is 14.6 Å². The highest BCUT2D eigenvalue weighted by Gasteiger charge is 2.47. The minimum absolute atomic E-state index is 0.234. The molecule has 0 radical (unpaired) electrons. The number of pyridine rings is 2. The van der Waals surface area contributed by atoms with Gasteiger partial charge in [0.2, 0.25) is 5.56 Å². The summed E-state index contributed by atoms with van der Waals surface area (Å²) >= 11 is 0. The van der Waals surface area contributed by atoms with Crippen LogP contribution in [0.25, 0.3) is 0 Å². The molecule has 4 rings (SSSR count). The Labute approximate surface area is 175 Å². The van der Waals surface area contributed by atoms with E-state index in [1.165, 1.54) is 35.4 Å². The summed E-state index contributed by atoms with van der Waals surface area (Å²) in [4.78, 5) is 33.0. The molecular formula is C22H18F3N3O3. The van der Waals surface area contributed by atoms with Gasteiger partial charge in [0.25, 0.3) is 5.91 Å². The van der Waals surface area contributed by atoms with Crippen molar-refractivity contribution in [3.05, 3.63) is 93.7 Å². The summed E-state index contributed by atoms with van der Waals surface area (Å²) < 4.78 is 45.0. The zero-order valence-corrected chi connectivity index (χ0v) is 16.4. The molecule has 6 nitrogen and oxygen atoms in total. The maximum Gasteiger partial charge on any atom is 0.416 e. The molecule has 2 aromatic heterocycles. The first kappa shape index (κ1) is 20.6. The number of nitrogens with one attached hydrogen (secondary N) is 1. The normalized spacial score (nSPS) is 18.1. The van der Waals surface area contributed by atoms with E-state index in [9.17, 15) is 22.8 Å². The predicted octanol–water partition coefficient (Wildman–Crippen LogP) is 3.59. The van der Waals surface area contributed by atoms with Gasteiger partial charge in [0.05, 0.1) is 17.7 Å². The topological polar surface area (TPSA) is 75.3 Å². The maximum atomic E-state index is 13.3. The van der Waals surface area contributed by atoms with Crippen LogP contribution < -0.4 is 10.3 Å². The van der Waals surface area contributed by atoms with Crippen LogP contribution in [-0.4, -0.2) is 34.4 Å². The summed E-state index contributed by atoms with van der Waals surface area (Å²) in [6.07, 6.45) is -1.34. The van der Waals surface area contributed by atoms with Gasteiger partial charge in [-0.05, 0) is 35.9 Å². The van der Waals surface area contributed by atoms with E-state index >= 15 is 0 Å². The third-order valence-corrected chi connectivity index (χ3v) is 5.48. The maximum absolute atomic E-state index is 13.3. The lowest BCUT2D eigenvalue weighted by Gasteiger charge is -2.45. The summed E-state index contributed by atoms with van der Waals surface area (Å²) in [5, 5.41) is 0. The number of aromatic amines is 1. The Kier molecular flexibility index (Phi) is 5.04. The molecule has 3 heterocycles. The van der Waals surface area contributed by atoms with Crippen LogP contribution in [0.5, 0.6) is 5.75 Å². The molecule has 9 heteroatoms. The van der Waals surface area contributed by atoms with Crippen molar-refractivity contribution in [1.82, 2.24) is 14.9 Å². The standard InChI is InChI=1S/C22H18F3N3O3/c1-28(20(30)14-4-9-18(29)27-13-14)21(10-12-31-17-3-2-11-26-19(17)21)15-5-7-16(8-6-15)22(23,24)25/h2-9,11,13H,10,12H2,1H3,(H,27,29). The Morgan fingerprint density at radius 1 is 1.16 bits per heavy atom. The number of hydrogen-bond acceptors (Lipinski definition) is 4. The molecule has 0 saturated heterocycles. The Balaban J connectivity index is 1.88. The predicted molar refractivity (Wildman–Crippen MR) is 106 cm³/mol. The van der Waals surface area contributed by atoms with Gasteiger partial charge < -0.3 is 14.6 Å². The van der Waals surface area contributed by atoms with E-state index in [2.05, 4.69) is 9.97 Å². The first-order chi connectivity index (χ1) is 14.7. The molecule has 1 aliphatic heterocycles. The van der Waals surface area contributed by atoms with Gasteiger partial charge in [-0.25, -0.2) is 0 Å². The Morgan fingerprint density at radius 2 is 1.90 bits per heavy atom. The van der Waals surface area contributed by atoms with Crippen molar-refractivity contribution in [2.45, 2.75) is 18.1 Å². The van der Waals surface area contributed by atoms with Crippen molar-refractivity contribution in [2.24, 2.45) is 0 Å². The molecule has 0 spiro atoms. The SMILES string of the molecule is CN(C(=O)c1ccc(=O)[nH]c1)C1(c2ccc(C(F)(F)F)cc2)CCOc2cccnc21. The van der Waals surface area contributed by atoms with Crippen molar-refractivity contribution < 1.29 is 22.7 Å². The molecule has 1 aliphatic rings. The molecule has 3 aromatic rings. The average molecular weight is 429 g/mol. The number of hydrogen-bond donors (Lipinski definition) is 1. The summed E-state index contributed by atoms with van der Waals surface area (Å²) in [6.45, 7) is 0.239. The van der Waals surface area contributed by atoms with Crippen LogP contribution in [-0.2, 0) is 11.7 Å². The summed E-state index contributed by atoms with van der Waals surface area (Å²) in [5.41, 5.74) is -1.15. The molecule has 0 aliphatic carbocycles. The van der Waals surface area contributed by atoms with Crippen LogP contribution in [0.2, 0.25) is 0 Å². The zero-order valence-electron chi connectivity index (χ0n) is 16.4. The van der Waals surface area contributed by atoms with E-state index in [4.69, 9.17) is 4.74 Å². The highest BCUT2D eigenvalue weighted by molar-refractivity contribution is 5.94. The molecule has 0 bridgehead atoms. The van der Waals surface area contributed by atoms with Crippen molar-refractivity contribution in [3.63, 3.8) is 0 Å². The molecule has 1 amide bonds. The number of carbonyl (C=O) groups excluding carboxylic acids is 1. The van der Waals surface area contributed by atoms with E-state index < -0.39 is 23.2 Å². The number of nitrogens with zero attached hydrogens (tertiary/aromatic N) is 2. The molecule has 1 unspecified atom stereocenters. The third kappa shape index (κ3) is 3.56. The van der Waals surface area contributed by atoms with Gasteiger partial charge >= 0.3 is 6.18 Å². The fraction of sp³-hybridized carbons (Fsp3) is 0.227. The van der Waals surface area contributed by atoms with Crippen molar-refractivity contribution >= 4 is 5.91 Å². The van der Waals surface area contributed by atoms with Gasteiger partial charge in [-0.15, -0.1) is 0 Å². The van der Waals surface area contributed by atoms with Crippen LogP contribution in [0.1, 0.15) is 33.6 Å². The number of carbonyl (C=O) groups is 1. The number of H-pyrrole nitrogens is 1. The van der Waals surface area contributed by atoms with Crippen LogP contribution in [0.15, 0.2) is 65.7 Å². The first-order valence-electron chi connectivity index (χ1n) is 9.46. The molecule has 1 N–H and O–H groups in total. The fourth-order valence-corrected chi connectivity index (χ4v) is 3.89. The highest BCUT2D eigenvalue weighted by atomic mass is 19.4. The zero-order chi connectivity index (χ0) is 22.2. The molecule has 0 saturated carbocycles. The van der Waals surface area contributed by atoms with E-state index in [0.717, 1.165) is 12.1 Å². The van der Waals surface area contributed by atoms with E-state index in [1.807, 2.05) is 0 Å². The highest BCUT2D eigenvalue weighted by Crippen LogP contribution is 2.45. The van der Waals surface area contributed by atoms with Crippen LogP contribution in [0.4, 0.5) is 13.2 Å². The number of alkyl halides is 3. The smallest absolute Gasteiger partial charge is 0.416 e. The van der Waals surface area contributed by atoms with Crippen LogP contribution in [0.3, 0.4) is 0 Å². The lowest BCUT2D eigenvalue weighted by atomic mass is 9.79. The lowest BCUT2D eigenvalue weighted by Crippen LogP contribution is -2.51. The minimum Gasteiger partial charge on any atom is -0.491 e. The monoisotopic (exact) mass is 429 g/mol. The second-order valence-corrected chi connectivity index (χ2v) is 7.19. The summed E-state index contributed by atoms with van der Waals surface area (Å²) in [6, 6.07) is 10.7. The van der Waals surface area contributed by atoms with Crippen LogP contribution in [0, 0.1) is 0 Å². The van der Waals surface area contributed by atoms with Crippen LogP contribution >= 0.6 is 0 Å². The van der Waals surface area contributed by atoms with Gasteiger partial charge in [-0.2, -0.15) is 13.2 Å². The molecule has 1 atom stereocenters. The Hall–Kier alpha value is -3.62. The average Bonchev–Trinajstić information content (AvgIpc) is 2.77. The molecule has 31 heavy (non-hydrogen) atoms. The van der Waals surface area contributed by atoms with Gasteiger partial charge in [0, 0.05) is 31.9 Å². The van der Waals surface area contributed by atoms with E-state index in [1.54, 1.807) is 25.4 Å². The Bertz CT molecular complexity index is 1150. The summed E-state index contributed by atoms with van der Waals surface area (Å²) in [5.74, 6) is 0.0319. The van der Waals surface area contributed by atoms with Crippen molar-refractivity contribution in [3.8, 4) is 5.75 Å². The largest absolute Gasteiger partial charge is 0.491 e. The van der Waals surface area contributed by atoms with Gasteiger partial charge in [0.15, 0.2) is 0 Å². The molecule has 160 valence electrons. The number of benzene rings is 1. The second kappa shape index (κ2) is 7.57. The summed E-state index contributed by atoms with van der Waals surface area (Å²) in [7, 11) is 1.56. The van der Waals surface area contributed by atoms with E-state index in [-0.39, 0.29) is 24.2 Å². The third-order valence-electron chi connectivity index (χ3n) is 5.48. The number of aromatic nitrogens is 2. The molecule has 1 aromatic carbocycles. The first-order valence-corrected chi connectivity index (χ1v) is 9.46. The number of rotatable bonds is 3. The lowest BCUT2D eigenvalue weighted by molar-refractivity contribution is -0.137. The quantitative estimate of drug-likeness (QED) is 0.691. The molecular weight excluding hydrogens is 411 g/mol. The second-order valence-electron chi connectivity index (χ2n) is 7.19. The number of halogens is 3.